The van der Waals surface area contributed by atoms with Gasteiger partial charge in [0.25, 0.3) is 5.91 Å². The van der Waals surface area contributed by atoms with Gasteiger partial charge in [0.1, 0.15) is 0 Å². The molecule has 1 aromatic carbocycles. The van der Waals surface area contributed by atoms with Gasteiger partial charge in [-0.2, -0.15) is 0 Å². The number of nitrogens with two attached hydrogens (primary N) is 1. The first-order valence-electron chi connectivity index (χ1n) is 6.65. The molecule has 4 nitrogen and oxygen atoms in total. The van der Waals surface area contributed by atoms with E-state index < -0.39 is 0 Å². The molecule has 19 heavy (non-hydrogen) atoms. The number of nitrogens with zero attached hydrogens (tertiary/aromatic N) is 1. The number of amides is 1. The van der Waals surface area contributed by atoms with Gasteiger partial charge in [-0.15, -0.1) is 0 Å². The van der Waals surface area contributed by atoms with Gasteiger partial charge in [0.2, 0.25) is 0 Å². The van der Waals surface area contributed by atoms with E-state index >= 15 is 0 Å². The molecule has 0 bridgehead atoms. The Bertz CT molecular complexity index is 454. The first-order chi connectivity index (χ1) is 8.91. The van der Waals surface area contributed by atoms with Crippen LogP contribution in [0.1, 0.15) is 29.8 Å². The molecule has 0 aliphatic carbocycles. The molecule has 1 aliphatic heterocycles. The number of rotatable bonds is 2. The fourth-order valence-corrected chi connectivity index (χ4v) is 2.45. The second kappa shape index (κ2) is 5.31. The fourth-order valence-electron chi connectivity index (χ4n) is 2.45. The van der Waals surface area contributed by atoms with Gasteiger partial charge in [0.15, 0.2) is 0 Å². The SMILES string of the molecule is Cc1ccc(C(=O)N2CC(CN)OC(C)(C)C2)cc1. The van der Waals surface area contributed by atoms with Crippen LogP contribution in [0.5, 0.6) is 0 Å². The molecule has 1 amide bonds. The summed E-state index contributed by atoms with van der Waals surface area (Å²) in [5, 5.41) is 0. The summed E-state index contributed by atoms with van der Waals surface area (Å²) in [4.78, 5) is 14.3. The number of ether oxygens (including phenoxy) is 1. The number of aryl methyl sites for hydroxylation is 1. The van der Waals surface area contributed by atoms with Gasteiger partial charge in [-0.1, -0.05) is 17.7 Å². The molecular formula is C15H22N2O2. The van der Waals surface area contributed by atoms with Crippen molar-refractivity contribution in [2.75, 3.05) is 19.6 Å². The van der Waals surface area contributed by atoms with Crippen LogP contribution in [-0.4, -0.2) is 42.1 Å². The second-order valence-electron chi connectivity index (χ2n) is 5.79. The number of carbonyl (C=O) groups excluding carboxylic acids is 1. The minimum Gasteiger partial charge on any atom is -0.367 e. The summed E-state index contributed by atoms with van der Waals surface area (Å²) < 4.78 is 5.84. The van der Waals surface area contributed by atoms with Crippen LogP contribution in [0.4, 0.5) is 0 Å². The summed E-state index contributed by atoms with van der Waals surface area (Å²) >= 11 is 0. The van der Waals surface area contributed by atoms with Crippen molar-refractivity contribution in [3.63, 3.8) is 0 Å². The van der Waals surface area contributed by atoms with Gasteiger partial charge < -0.3 is 15.4 Å². The van der Waals surface area contributed by atoms with Crippen LogP contribution < -0.4 is 5.73 Å². The first-order valence-corrected chi connectivity index (χ1v) is 6.65. The zero-order chi connectivity index (χ0) is 14.0. The second-order valence-corrected chi connectivity index (χ2v) is 5.79. The van der Waals surface area contributed by atoms with Crippen molar-refractivity contribution < 1.29 is 9.53 Å². The van der Waals surface area contributed by atoms with Crippen molar-refractivity contribution in [1.82, 2.24) is 4.90 Å². The normalized spacial score (nSPS) is 22.3. The zero-order valence-corrected chi connectivity index (χ0v) is 11.8. The highest BCUT2D eigenvalue weighted by Crippen LogP contribution is 2.22. The Labute approximate surface area is 114 Å². The van der Waals surface area contributed by atoms with Crippen LogP contribution >= 0.6 is 0 Å². The van der Waals surface area contributed by atoms with E-state index in [1.165, 1.54) is 0 Å². The third-order valence-electron chi connectivity index (χ3n) is 3.33. The number of hydrogen-bond donors (Lipinski definition) is 1. The van der Waals surface area contributed by atoms with Crippen molar-refractivity contribution in [3.05, 3.63) is 35.4 Å². The minimum absolute atomic E-state index is 0.0508. The lowest BCUT2D eigenvalue weighted by Gasteiger charge is -2.42. The van der Waals surface area contributed by atoms with Crippen LogP contribution in [0.3, 0.4) is 0 Å². The Morgan fingerprint density at radius 2 is 2.05 bits per heavy atom. The molecule has 1 heterocycles. The summed E-state index contributed by atoms with van der Waals surface area (Å²) in [6.45, 7) is 7.58. The topological polar surface area (TPSA) is 55.6 Å². The quantitative estimate of drug-likeness (QED) is 0.880. The molecule has 1 aromatic rings. The van der Waals surface area contributed by atoms with E-state index in [1.807, 2.05) is 49.9 Å². The van der Waals surface area contributed by atoms with Crippen molar-refractivity contribution in [1.29, 1.82) is 0 Å². The van der Waals surface area contributed by atoms with Gasteiger partial charge in [-0.05, 0) is 32.9 Å². The highest BCUT2D eigenvalue weighted by molar-refractivity contribution is 5.94. The zero-order valence-electron chi connectivity index (χ0n) is 11.8. The molecule has 1 saturated heterocycles. The Hall–Kier alpha value is -1.39. The molecule has 1 aliphatic rings. The number of morpholine rings is 1. The summed E-state index contributed by atoms with van der Waals surface area (Å²) in [6.07, 6.45) is -0.0850. The molecule has 0 saturated carbocycles. The molecule has 1 unspecified atom stereocenters. The van der Waals surface area contributed by atoms with Crippen molar-refractivity contribution in [2.24, 2.45) is 5.73 Å². The van der Waals surface area contributed by atoms with E-state index in [0.717, 1.165) is 11.1 Å². The van der Waals surface area contributed by atoms with Crippen molar-refractivity contribution in [3.8, 4) is 0 Å². The van der Waals surface area contributed by atoms with Gasteiger partial charge in [0, 0.05) is 25.2 Å². The third-order valence-corrected chi connectivity index (χ3v) is 3.33. The van der Waals surface area contributed by atoms with Crippen LogP contribution in [0.25, 0.3) is 0 Å². The predicted octanol–water partition coefficient (Wildman–Crippen LogP) is 1.57. The average molecular weight is 262 g/mol. The number of carbonyl (C=O) groups is 1. The lowest BCUT2D eigenvalue weighted by Crippen LogP contribution is -2.56. The minimum atomic E-state index is -0.345. The standard InChI is InChI=1S/C15H22N2O2/c1-11-4-6-12(7-5-11)14(18)17-9-13(8-16)19-15(2,3)10-17/h4-7,13H,8-10,16H2,1-3H3. The van der Waals surface area contributed by atoms with Crippen molar-refractivity contribution >= 4 is 5.91 Å². The first kappa shape index (κ1) is 14.0. The lowest BCUT2D eigenvalue weighted by atomic mass is 10.0. The molecule has 1 atom stereocenters. The van der Waals surface area contributed by atoms with Crippen LogP contribution in [0, 0.1) is 6.92 Å². The van der Waals surface area contributed by atoms with Gasteiger partial charge in [0.05, 0.1) is 11.7 Å². The van der Waals surface area contributed by atoms with Crippen molar-refractivity contribution in [2.45, 2.75) is 32.5 Å². The molecule has 2 N–H and O–H groups in total. The van der Waals surface area contributed by atoms with E-state index in [2.05, 4.69) is 0 Å². The van der Waals surface area contributed by atoms with E-state index in [-0.39, 0.29) is 17.6 Å². The maximum atomic E-state index is 12.5. The molecule has 4 heteroatoms. The maximum Gasteiger partial charge on any atom is 0.254 e. The molecule has 104 valence electrons. The Morgan fingerprint density at radius 1 is 1.42 bits per heavy atom. The molecule has 1 fully saturated rings. The summed E-state index contributed by atoms with van der Waals surface area (Å²) in [7, 11) is 0. The number of hydrogen-bond acceptors (Lipinski definition) is 3. The average Bonchev–Trinajstić information content (AvgIpc) is 2.37. The van der Waals surface area contributed by atoms with E-state index in [9.17, 15) is 4.79 Å². The van der Waals surface area contributed by atoms with Crippen LogP contribution in [0.15, 0.2) is 24.3 Å². The molecule has 0 radical (unpaired) electrons. The van der Waals surface area contributed by atoms with E-state index in [0.29, 0.717) is 19.6 Å². The summed E-state index contributed by atoms with van der Waals surface area (Å²) in [5.74, 6) is 0.0508. The Morgan fingerprint density at radius 3 is 2.63 bits per heavy atom. The highest BCUT2D eigenvalue weighted by Gasteiger charge is 2.35. The molecular weight excluding hydrogens is 240 g/mol. The Balaban J connectivity index is 2.16. The molecule has 0 spiro atoms. The Kier molecular flexibility index (Phi) is 3.92. The fraction of sp³-hybridized carbons (Fsp3) is 0.533. The monoisotopic (exact) mass is 262 g/mol. The molecule has 0 aromatic heterocycles. The van der Waals surface area contributed by atoms with E-state index in [4.69, 9.17) is 10.5 Å². The third kappa shape index (κ3) is 3.33. The summed E-state index contributed by atoms with van der Waals surface area (Å²) in [5.41, 5.74) is 7.21. The summed E-state index contributed by atoms with van der Waals surface area (Å²) in [6, 6.07) is 7.66. The van der Waals surface area contributed by atoms with Gasteiger partial charge >= 0.3 is 0 Å². The van der Waals surface area contributed by atoms with Crippen LogP contribution in [0.2, 0.25) is 0 Å². The smallest absolute Gasteiger partial charge is 0.254 e. The molecule has 2 rings (SSSR count). The predicted molar refractivity (Wildman–Crippen MR) is 75.1 cm³/mol. The largest absolute Gasteiger partial charge is 0.367 e. The van der Waals surface area contributed by atoms with E-state index in [1.54, 1.807) is 0 Å². The highest BCUT2D eigenvalue weighted by atomic mass is 16.5. The maximum absolute atomic E-state index is 12.5. The number of benzene rings is 1. The van der Waals surface area contributed by atoms with Gasteiger partial charge in [-0.3, -0.25) is 4.79 Å². The van der Waals surface area contributed by atoms with Gasteiger partial charge in [-0.25, -0.2) is 0 Å². The lowest BCUT2D eigenvalue weighted by molar-refractivity contribution is -0.122. The van der Waals surface area contributed by atoms with Crippen LogP contribution in [-0.2, 0) is 4.74 Å².